The minimum Gasteiger partial charge on any atom is -0.480 e. The first-order chi connectivity index (χ1) is 11.9. The van der Waals surface area contributed by atoms with Crippen LogP contribution in [0.5, 0.6) is 0 Å². The average molecular weight is 373 g/mol. The Morgan fingerprint density at radius 3 is 2.23 bits per heavy atom. The van der Waals surface area contributed by atoms with E-state index in [9.17, 15) is 14.7 Å². The minimum absolute atomic E-state index is 0.0381. The van der Waals surface area contributed by atoms with Crippen LogP contribution in [-0.4, -0.2) is 53.2 Å². The first-order valence-electron chi connectivity index (χ1n) is 9.07. The van der Waals surface area contributed by atoms with Crippen LogP contribution < -0.4 is 5.32 Å². The van der Waals surface area contributed by atoms with Crippen molar-refractivity contribution in [2.75, 3.05) is 13.2 Å². The molecular weight excluding hydrogens is 338 g/mol. The second-order valence-electron chi connectivity index (χ2n) is 7.88. The van der Waals surface area contributed by atoms with Crippen LogP contribution >= 0.6 is 0 Å². The van der Waals surface area contributed by atoms with Gasteiger partial charge in [0.25, 0.3) is 0 Å². The van der Waals surface area contributed by atoms with Crippen LogP contribution in [0.25, 0.3) is 0 Å². The number of aliphatic carboxylic acids is 1. The summed E-state index contributed by atoms with van der Waals surface area (Å²) in [7, 11) is 0. The van der Waals surface area contributed by atoms with Crippen molar-refractivity contribution in [1.82, 2.24) is 5.32 Å². The third-order valence-electron chi connectivity index (χ3n) is 3.57. The number of aliphatic hydroxyl groups is 1. The maximum atomic E-state index is 11.7. The Labute approximate surface area is 156 Å². The van der Waals surface area contributed by atoms with Gasteiger partial charge in [-0.05, 0) is 40.0 Å². The van der Waals surface area contributed by atoms with Gasteiger partial charge < -0.3 is 25.0 Å². The van der Waals surface area contributed by atoms with Gasteiger partial charge in [0, 0.05) is 5.92 Å². The number of hydrogen-bond acceptors (Lipinski definition) is 5. The molecule has 0 fully saturated rings. The molecule has 1 amide bonds. The second kappa shape index (κ2) is 11.9. The number of carbonyl (C=O) groups excluding carboxylic acids is 1. The van der Waals surface area contributed by atoms with Gasteiger partial charge in [-0.25, -0.2) is 9.59 Å². The highest BCUT2D eigenvalue weighted by atomic mass is 16.6. The molecule has 0 radical (unpaired) electrons. The molecule has 3 N–H and O–H groups in total. The highest BCUT2D eigenvalue weighted by Gasteiger charge is 2.24. The van der Waals surface area contributed by atoms with Crippen LogP contribution in [0.2, 0.25) is 0 Å². The van der Waals surface area contributed by atoms with Gasteiger partial charge >= 0.3 is 12.1 Å². The largest absolute Gasteiger partial charge is 0.480 e. The molecular formula is C19H35NO6. The van der Waals surface area contributed by atoms with Crippen LogP contribution in [0.1, 0.15) is 54.4 Å². The summed E-state index contributed by atoms with van der Waals surface area (Å²) in [5.74, 6) is -0.592. The van der Waals surface area contributed by atoms with Gasteiger partial charge in [-0.15, -0.1) is 0 Å². The fourth-order valence-corrected chi connectivity index (χ4v) is 2.13. The smallest absolute Gasteiger partial charge is 0.408 e. The van der Waals surface area contributed by atoms with Crippen molar-refractivity contribution in [3.05, 3.63) is 12.2 Å². The fourth-order valence-electron chi connectivity index (χ4n) is 2.13. The number of alkyl carbamates (subject to hydrolysis) is 1. The van der Waals surface area contributed by atoms with Crippen molar-refractivity contribution in [3.8, 4) is 0 Å². The molecule has 152 valence electrons. The summed E-state index contributed by atoms with van der Waals surface area (Å²) in [6.07, 6.45) is 4.30. The molecule has 0 aliphatic heterocycles. The van der Waals surface area contributed by atoms with E-state index in [0.29, 0.717) is 5.92 Å². The van der Waals surface area contributed by atoms with E-state index >= 15 is 0 Å². The summed E-state index contributed by atoms with van der Waals surface area (Å²) in [4.78, 5) is 22.9. The standard InChI is InChI=1S/C19H35NO6/c1-13(2)9-10-15(14(3)21)8-7-11-25-12-16(17(22)23)20-18(24)26-19(4,5)6/h7-8,13-16,21H,9-12H2,1-6H3,(H,20,24)(H,22,23)/t14-,15-,16?/m0/s1. The van der Waals surface area contributed by atoms with E-state index in [1.807, 2.05) is 6.08 Å². The Kier molecular flexibility index (Phi) is 11.2. The first kappa shape index (κ1) is 24.4. The van der Waals surface area contributed by atoms with Gasteiger partial charge in [0.15, 0.2) is 6.04 Å². The number of amides is 1. The van der Waals surface area contributed by atoms with Crippen LogP contribution in [0.4, 0.5) is 4.79 Å². The molecule has 0 spiro atoms. The van der Waals surface area contributed by atoms with E-state index < -0.39 is 29.8 Å². The van der Waals surface area contributed by atoms with Crippen molar-refractivity contribution in [2.45, 2.75) is 72.1 Å². The molecule has 0 aromatic rings. The van der Waals surface area contributed by atoms with E-state index in [1.165, 1.54) is 0 Å². The van der Waals surface area contributed by atoms with Gasteiger partial charge in [0.1, 0.15) is 5.60 Å². The zero-order chi connectivity index (χ0) is 20.3. The van der Waals surface area contributed by atoms with Crippen LogP contribution in [0.3, 0.4) is 0 Å². The fraction of sp³-hybridized carbons (Fsp3) is 0.789. The molecule has 0 aromatic carbocycles. The van der Waals surface area contributed by atoms with Crippen LogP contribution in [0.15, 0.2) is 12.2 Å². The number of rotatable bonds is 11. The van der Waals surface area contributed by atoms with Crippen molar-refractivity contribution >= 4 is 12.1 Å². The lowest BCUT2D eigenvalue weighted by Gasteiger charge is -2.21. The molecule has 0 bridgehead atoms. The lowest BCUT2D eigenvalue weighted by atomic mass is 9.93. The predicted octanol–water partition coefficient (Wildman–Crippen LogP) is 2.97. The number of carboxylic acids is 1. The molecule has 3 atom stereocenters. The molecule has 0 heterocycles. The van der Waals surface area contributed by atoms with Gasteiger partial charge in [-0.3, -0.25) is 0 Å². The number of carbonyl (C=O) groups is 2. The van der Waals surface area contributed by atoms with E-state index in [-0.39, 0.29) is 19.1 Å². The quantitative estimate of drug-likeness (QED) is 0.380. The zero-order valence-corrected chi connectivity index (χ0v) is 16.8. The lowest BCUT2D eigenvalue weighted by Crippen LogP contribution is -2.46. The van der Waals surface area contributed by atoms with E-state index in [0.717, 1.165) is 12.8 Å². The molecule has 1 unspecified atom stereocenters. The topological polar surface area (TPSA) is 105 Å². The van der Waals surface area contributed by atoms with Gasteiger partial charge in [-0.1, -0.05) is 32.4 Å². The second-order valence-corrected chi connectivity index (χ2v) is 7.88. The third kappa shape index (κ3) is 12.7. The van der Waals surface area contributed by atoms with E-state index in [1.54, 1.807) is 33.8 Å². The molecule has 0 aromatic heterocycles. The Balaban J connectivity index is 4.37. The number of carboxylic acid groups (broad SMARTS) is 1. The monoisotopic (exact) mass is 373 g/mol. The maximum absolute atomic E-state index is 11.7. The van der Waals surface area contributed by atoms with E-state index in [2.05, 4.69) is 19.2 Å². The van der Waals surface area contributed by atoms with Crippen molar-refractivity contribution < 1.29 is 29.3 Å². The van der Waals surface area contributed by atoms with Crippen molar-refractivity contribution in [2.24, 2.45) is 11.8 Å². The molecule has 7 heteroatoms. The SMILES string of the molecule is CC(C)CC[C@H](C=CCOCC(NC(=O)OC(C)(C)C)C(=O)O)[C@H](C)O. The number of hydrogen-bond donors (Lipinski definition) is 3. The molecule has 0 aliphatic carbocycles. The lowest BCUT2D eigenvalue weighted by molar-refractivity contribution is -0.141. The van der Waals surface area contributed by atoms with Crippen LogP contribution in [-0.2, 0) is 14.3 Å². The highest BCUT2D eigenvalue weighted by molar-refractivity contribution is 5.80. The normalized spacial score (nSPS) is 15.7. The third-order valence-corrected chi connectivity index (χ3v) is 3.57. The highest BCUT2D eigenvalue weighted by Crippen LogP contribution is 2.17. The molecule has 0 rings (SSSR count). The van der Waals surface area contributed by atoms with Gasteiger partial charge in [0.05, 0.1) is 19.3 Å². The predicted molar refractivity (Wildman–Crippen MR) is 100.0 cm³/mol. The Morgan fingerprint density at radius 1 is 1.15 bits per heavy atom. The van der Waals surface area contributed by atoms with Crippen LogP contribution in [0, 0.1) is 11.8 Å². The molecule has 0 saturated heterocycles. The van der Waals surface area contributed by atoms with Crippen molar-refractivity contribution in [1.29, 1.82) is 0 Å². The summed E-state index contributed by atoms with van der Waals surface area (Å²) in [5, 5.41) is 21.2. The van der Waals surface area contributed by atoms with Gasteiger partial charge in [-0.2, -0.15) is 0 Å². The summed E-state index contributed by atoms with van der Waals surface area (Å²) in [6, 6.07) is -1.19. The van der Waals surface area contributed by atoms with E-state index in [4.69, 9.17) is 14.6 Å². The summed E-state index contributed by atoms with van der Waals surface area (Å²) < 4.78 is 10.4. The average Bonchev–Trinajstić information content (AvgIpc) is 2.45. The minimum atomic E-state index is -1.20. The first-order valence-corrected chi connectivity index (χ1v) is 9.07. The Bertz CT molecular complexity index is 453. The number of ether oxygens (including phenoxy) is 2. The van der Waals surface area contributed by atoms with Gasteiger partial charge in [0.2, 0.25) is 0 Å². The zero-order valence-electron chi connectivity index (χ0n) is 16.8. The molecule has 7 nitrogen and oxygen atoms in total. The number of nitrogens with one attached hydrogen (secondary N) is 1. The Hall–Kier alpha value is -1.60. The summed E-state index contributed by atoms with van der Waals surface area (Å²) in [6.45, 7) is 11.1. The Morgan fingerprint density at radius 2 is 1.77 bits per heavy atom. The number of aliphatic hydroxyl groups excluding tert-OH is 1. The molecule has 0 saturated carbocycles. The summed E-state index contributed by atoms with van der Waals surface area (Å²) in [5.41, 5.74) is -0.706. The van der Waals surface area contributed by atoms with Crippen molar-refractivity contribution in [3.63, 3.8) is 0 Å². The molecule has 0 aliphatic rings. The summed E-state index contributed by atoms with van der Waals surface area (Å²) >= 11 is 0. The molecule has 26 heavy (non-hydrogen) atoms. The maximum Gasteiger partial charge on any atom is 0.408 e.